The van der Waals surface area contributed by atoms with Crippen molar-refractivity contribution in [2.75, 3.05) is 18.4 Å². The van der Waals surface area contributed by atoms with Gasteiger partial charge in [0.25, 0.3) is 11.5 Å². The standard InChI is InChI=1S/C24H29N5O3/c1-14-9-15(2)13-28(12-14)24(32)18-7-5-6-8-20(18)26-22(30)10-19-16(3)25-21-11-23(31)27-29(21)17(19)4/h5-8,11,14-15H,9-10,12-13H2,1-4H3,(H,26,30)(H,27,31). The molecule has 2 amide bonds. The molecule has 32 heavy (non-hydrogen) atoms. The zero-order valence-electron chi connectivity index (χ0n) is 18.9. The summed E-state index contributed by atoms with van der Waals surface area (Å²) >= 11 is 0. The molecule has 4 rings (SSSR count). The molecule has 2 atom stereocenters. The third kappa shape index (κ3) is 4.30. The van der Waals surface area contributed by atoms with E-state index in [1.807, 2.05) is 30.9 Å². The van der Waals surface area contributed by atoms with Gasteiger partial charge in [0.1, 0.15) is 0 Å². The molecule has 1 fully saturated rings. The predicted octanol–water partition coefficient (Wildman–Crippen LogP) is 2.94. The molecule has 1 aliphatic heterocycles. The molecule has 0 bridgehead atoms. The minimum absolute atomic E-state index is 0.0559. The van der Waals surface area contributed by atoms with Gasteiger partial charge in [-0.25, -0.2) is 9.50 Å². The molecule has 8 heteroatoms. The number of rotatable bonds is 4. The molecule has 3 aromatic rings. The minimum atomic E-state index is -0.243. The average Bonchev–Trinajstić information content (AvgIpc) is 3.10. The fraction of sp³-hybridized carbons (Fsp3) is 0.417. The molecular weight excluding hydrogens is 406 g/mol. The van der Waals surface area contributed by atoms with Crippen LogP contribution in [0.5, 0.6) is 0 Å². The van der Waals surface area contributed by atoms with Gasteiger partial charge in [-0.15, -0.1) is 0 Å². The van der Waals surface area contributed by atoms with Gasteiger partial charge in [-0.05, 0) is 44.2 Å². The molecule has 3 heterocycles. The van der Waals surface area contributed by atoms with E-state index in [9.17, 15) is 14.4 Å². The Kier molecular flexibility index (Phi) is 5.86. The van der Waals surface area contributed by atoms with Crippen LogP contribution < -0.4 is 10.9 Å². The lowest BCUT2D eigenvalue weighted by Crippen LogP contribution is -2.42. The van der Waals surface area contributed by atoms with Crippen molar-refractivity contribution in [3.63, 3.8) is 0 Å². The van der Waals surface area contributed by atoms with Gasteiger partial charge in [-0.3, -0.25) is 19.5 Å². The number of aromatic nitrogens is 3. The first kappa shape index (κ1) is 21.8. The van der Waals surface area contributed by atoms with Crippen LogP contribution in [-0.2, 0) is 11.2 Å². The highest BCUT2D eigenvalue weighted by Crippen LogP contribution is 2.25. The molecule has 0 radical (unpaired) electrons. The highest BCUT2D eigenvalue weighted by atomic mass is 16.2. The summed E-state index contributed by atoms with van der Waals surface area (Å²) in [5.41, 5.74) is 3.48. The lowest BCUT2D eigenvalue weighted by Gasteiger charge is -2.35. The number of nitrogens with zero attached hydrogens (tertiary/aromatic N) is 3. The lowest BCUT2D eigenvalue weighted by atomic mass is 9.91. The van der Waals surface area contributed by atoms with E-state index in [1.165, 1.54) is 6.07 Å². The van der Waals surface area contributed by atoms with Crippen LogP contribution in [-0.4, -0.2) is 44.4 Å². The van der Waals surface area contributed by atoms with Crippen molar-refractivity contribution in [1.29, 1.82) is 0 Å². The summed E-state index contributed by atoms with van der Waals surface area (Å²) in [6, 6.07) is 8.56. The van der Waals surface area contributed by atoms with Crippen molar-refractivity contribution in [2.45, 2.75) is 40.5 Å². The van der Waals surface area contributed by atoms with Gasteiger partial charge in [0.15, 0.2) is 5.65 Å². The van der Waals surface area contributed by atoms with E-state index in [0.717, 1.165) is 30.8 Å². The second-order valence-electron chi connectivity index (χ2n) is 9.00. The number of piperidine rings is 1. The van der Waals surface area contributed by atoms with Crippen molar-refractivity contribution in [1.82, 2.24) is 19.5 Å². The molecule has 0 saturated carbocycles. The number of hydrogen-bond acceptors (Lipinski definition) is 4. The number of anilines is 1. The van der Waals surface area contributed by atoms with Crippen LogP contribution in [0, 0.1) is 25.7 Å². The zero-order valence-corrected chi connectivity index (χ0v) is 18.9. The number of likely N-dealkylation sites (tertiary alicyclic amines) is 1. The molecule has 0 aliphatic carbocycles. The van der Waals surface area contributed by atoms with Gasteiger partial charge >= 0.3 is 0 Å². The SMILES string of the molecule is Cc1nc2cc(=O)[nH]n2c(C)c1CC(=O)Nc1ccccc1C(=O)N1CC(C)CC(C)C1. The van der Waals surface area contributed by atoms with E-state index in [2.05, 4.69) is 29.2 Å². The van der Waals surface area contributed by atoms with Crippen LogP contribution >= 0.6 is 0 Å². The van der Waals surface area contributed by atoms with Crippen LogP contribution in [0.3, 0.4) is 0 Å². The summed E-state index contributed by atoms with van der Waals surface area (Å²) in [6.45, 7) is 9.45. The van der Waals surface area contributed by atoms with E-state index in [1.54, 1.807) is 16.6 Å². The van der Waals surface area contributed by atoms with Gasteiger partial charge in [0.2, 0.25) is 5.91 Å². The first-order valence-corrected chi connectivity index (χ1v) is 11.0. The number of fused-ring (bicyclic) bond motifs is 1. The molecule has 1 saturated heterocycles. The van der Waals surface area contributed by atoms with Crippen LogP contribution in [0.2, 0.25) is 0 Å². The zero-order chi connectivity index (χ0) is 23.0. The number of benzene rings is 1. The highest BCUT2D eigenvalue weighted by Gasteiger charge is 2.27. The number of para-hydroxylation sites is 1. The molecule has 8 nitrogen and oxygen atoms in total. The number of aromatic amines is 1. The first-order chi connectivity index (χ1) is 15.2. The van der Waals surface area contributed by atoms with Crippen molar-refractivity contribution >= 4 is 23.1 Å². The predicted molar refractivity (Wildman–Crippen MR) is 123 cm³/mol. The van der Waals surface area contributed by atoms with E-state index in [4.69, 9.17) is 0 Å². The molecule has 2 aromatic heterocycles. The Bertz CT molecular complexity index is 1230. The highest BCUT2D eigenvalue weighted by molar-refractivity contribution is 6.04. The summed E-state index contributed by atoms with van der Waals surface area (Å²) in [6.07, 6.45) is 1.20. The Morgan fingerprint density at radius 1 is 1.16 bits per heavy atom. The maximum atomic E-state index is 13.2. The lowest BCUT2D eigenvalue weighted by molar-refractivity contribution is -0.115. The summed E-state index contributed by atoms with van der Waals surface area (Å²) < 4.78 is 1.59. The Hall–Kier alpha value is -3.42. The largest absolute Gasteiger partial charge is 0.338 e. The minimum Gasteiger partial charge on any atom is -0.338 e. The number of H-pyrrole nitrogens is 1. The number of aryl methyl sites for hydroxylation is 2. The van der Waals surface area contributed by atoms with Gasteiger partial charge < -0.3 is 10.2 Å². The summed E-state index contributed by atoms with van der Waals surface area (Å²) in [7, 11) is 0. The van der Waals surface area contributed by atoms with E-state index in [0.29, 0.717) is 34.4 Å². The summed E-state index contributed by atoms with van der Waals surface area (Å²) in [5, 5.41) is 5.62. The normalized spacial score (nSPS) is 18.7. The monoisotopic (exact) mass is 435 g/mol. The molecule has 2 unspecified atom stereocenters. The van der Waals surface area contributed by atoms with Crippen molar-refractivity contribution in [2.24, 2.45) is 11.8 Å². The number of amides is 2. The maximum absolute atomic E-state index is 13.2. The molecule has 168 valence electrons. The second-order valence-corrected chi connectivity index (χ2v) is 9.00. The van der Waals surface area contributed by atoms with Crippen LogP contribution in [0.25, 0.3) is 5.65 Å². The van der Waals surface area contributed by atoms with Crippen molar-refractivity contribution in [3.8, 4) is 0 Å². The Morgan fingerprint density at radius 2 is 1.84 bits per heavy atom. The number of hydrogen-bond donors (Lipinski definition) is 2. The Morgan fingerprint density at radius 3 is 2.56 bits per heavy atom. The van der Waals surface area contributed by atoms with Gasteiger partial charge in [0.05, 0.1) is 17.7 Å². The molecular formula is C24H29N5O3. The Balaban J connectivity index is 1.55. The first-order valence-electron chi connectivity index (χ1n) is 11.0. The summed E-state index contributed by atoms with van der Waals surface area (Å²) in [5.74, 6) is 0.614. The van der Waals surface area contributed by atoms with E-state index < -0.39 is 0 Å². The van der Waals surface area contributed by atoms with Crippen LogP contribution in [0.4, 0.5) is 5.69 Å². The maximum Gasteiger partial charge on any atom is 0.266 e. The third-order valence-electron chi connectivity index (χ3n) is 6.13. The van der Waals surface area contributed by atoms with Gasteiger partial charge in [-0.2, -0.15) is 0 Å². The van der Waals surface area contributed by atoms with Crippen LogP contribution in [0.15, 0.2) is 35.1 Å². The molecule has 1 aromatic carbocycles. The number of nitrogens with one attached hydrogen (secondary N) is 2. The second kappa shape index (κ2) is 8.61. The third-order valence-corrected chi connectivity index (χ3v) is 6.13. The molecule has 1 aliphatic rings. The van der Waals surface area contributed by atoms with E-state index >= 15 is 0 Å². The van der Waals surface area contributed by atoms with Crippen molar-refractivity contribution < 1.29 is 9.59 Å². The fourth-order valence-corrected chi connectivity index (χ4v) is 4.74. The Labute approximate surface area is 186 Å². The quantitative estimate of drug-likeness (QED) is 0.658. The smallest absolute Gasteiger partial charge is 0.266 e. The molecule has 2 N–H and O–H groups in total. The van der Waals surface area contributed by atoms with Crippen molar-refractivity contribution in [3.05, 3.63) is 63.2 Å². The average molecular weight is 436 g/mol. The molecule has 0 spiro atoms. The fourth-order valence-electron chi connectivity index (χ4n) is 4.74. The summed E-state index contributed by atoms with van der Waals surface area (Å²) in [4.78, 5) is 44.2. The van der Waals surface area contributed by atoms with Gasteiger partial charge in [-0.1, -0.05) is 26.0 Å². The number of carbonyl (C=O) groups excluding carboxylic acids is 2. The van der Waals surface area contributed by atoms with E-state index in [-0.39, 0.29) is 23.8 Å². The van der Waals surface area contributed by atoms with Crippen LogP contribution in [0.1, 0.15) is 47.6 Å². The van der Waals surface area contributed by atoms with Gasteiger partial charge in [0, 0.05) is 36.1 Å². The topological polar surface area (TPSA) is 99.6 Å². The number of carbonyl (C=O) groups is 2.